The lowest BCUT2D eigenvalue weighted by molar-refractivity contribution is -0.133. The summed E-state index contributed by atoms with van der Waals surface area (Å²) in [6, 6.07) is 11.8. The van der Waals surface area contributed by atoms with E-state index in [-0.39, 0.29) is 13.2 Å². The van der Waals surface area contributed by atoms with Crippen molar-refractivity contribution in [1.29, 1.82) is 5.26 Å². The number of ether oxygens (including phenoxy) is 2. The van der Waals surface area contributed by atoms with Crippen LogP contribution in [0.15, 0.2) is 42.7 Å². The third kappa shape index (κ3) is 5.23. The molecule has 5 heteroatoms. The van der Waals surface area contributed by atoms with E-state index in [0.717, 1.165) is 5.56 Å². The molecule has 5 nitrogen and oxygen atoms in total. The highest BCUT2D eigenvalue weighted by atomic mass is 16.5. The maximum absolute atomic E-state index is 12.4. The number of hydrogen-bond acceptors (Lipinski definition) is 4. The third-order valence-corrected chi connectivity index (χ3v) is 3.15. The van der Waals surface area contributed by atoms with Crippen molar-refractivity contribution in [2.45, 2.75) is 13.3 Å². The molecule has 22 heavy (non-hydrogen) atoms. The molecule has 1 unspecified atom stereocenters. The first-order valence-corrected chi connectivity index (χ1v) is 7.05. The number of nitrogens with zero attached hydrogens (tertiary/aromatic N) is 1. The molecule has 0 radical (unpaired) electrons. The lowest BCUT2D eigenvalue weighted by Crippen LogP contribution is -2.46. The Bertz CT molecular complexity index is 537. The third-order valence-electron chi connectivity index (χ3n) is 3.15. The molecular formula is C17H22N2O3. The topological polar surface area (TPSA) is 71.3 Å². The number of amides is 1. The normalized spacial score (nSPS) is 12.8. The van der Waals surface area contributed by atoms with E-state index in [1.165, 1.54) is 7.11 Å². The van der Waals surface area contributed by atoms with Crippen molar-refractivity contribution in [3.8, 4) is 6.07 Å². The van der Waals surface area contributed by atoms with Gasteiger partial charge in [-0.3, -0.25) is 4.79 Å². The standard InChI is InChI=1S/C17H22N2O3/c1-14(2)22-13-17(11-18,12-21-3)16(20)19-10-9-15-7-5-4-6-8-15/h4-8H,1,9-10,12-13H2,2-3H3,(H,19,20). The lowest BCUT2D eigenvalue weighted by atomic mass is 9.90. The summed E-state index contributed by atoms with van der Waals surface area (Å²) in [6.07, 6.45) is 0.697. The van der Waals surface area contributed by atoms with Crippen LogP contribution in [0.5, 0.6) is 0 Å². The van der Waals surface area contributed by atoms with Crippen LogP contribution in [-0.4, -0.2) is 32.8 Å². The molecule has 0 spiro atoms. The SMILES string of the molecule is C=C(C)OCC(C#N)(COC)C(=O)NCCc1ccccc1. The molecule has 118 valence electrons. The highest BCUT2D eigenvalue weighted by Gasteiger charge is 2.40. The van der Waals surface area contributed by atoms with E-state index in [1.54, 1.807) is 6.92 Å². The van der Waals surface area contributed by atoms with E-state index in [2.05, 4.69) is 11.9 Å². The van der Waals surface area contributed by atoms with Crippen molar-refractivity contribution in [3.05, 3.63) is 48.2 Å². The van der Waals surface area contributed by atoms with E-state index in [9.17, 15) is 10.1 Å². The van der Waals surface area contributed by atoms with E-state index in [4.69, 9.17) is 9.47 Å². The first kappa shape index (κ1) is 17.7. The Balaban J connectivity index is 2.63. The summed E-state index contributed by atoms with van der Waals surface area (Å²) in [6.45, 7) is 5.61. The van der Waals surface area contributed by atoms with Gasteiger partial charge in [0.2, 0.25) is 5.91 Å². The largest absolute Gasteiger partial charge is 0.497 e. The molecule has 0 aliphatic rings. The molecule has 0 heterocycles. The average molecular weight is 302 g/mol. The van der Waals surface area contributed by atoms with Crippen molar-refractivity contribution >= 4 is 5.91 Å². The van der Waals surface area contributed by atoms with Gasteiger partial charge in [-0.25, -0.2) is 0 Å². The minimum absolute atomic E-state index is 0.0338. The van der Waals surface area contributed by atoms with Crippen LogP contribution >= 0.6 is 0 Å². The highest BCUT2D eigenvalue weighted by molar-refractivity contribution is 5.85. The van der Waals surface area contributed by atoms with Crippen LogP contribution in [0.25, 0.3) is 0 Å². The summed E-state index contributed by atoms with van der Waals surface area (Å²) in [5.41, 5.74) is -0.250. The number of rotatable bonds is 9. The summed E-state index contributed by atoms with van der Waals surface area (Å²) in [7, 11) is 1.45. The first-order valence-electron chi connectivity index (χ1n) is 7.05. The Kier molecular flexibility index (Phi) is 7.14. The van der Waals surface area contributed by atoms with Crippen LogP contribution in [0.4, 0.5) is 0 Å². The predicted octanol–water partition coefficient (Wildman–Crippen LogP) is 2.05. The molecule has 0 fully saturated rings. The number of carbonyl (C=O) groups excluding carboxylic acids is 1. The van der Waals surface area contributed by atoms with Gasteiger partial charge >= 0.3 is 0 Å². The minimum atomic E-state index is -1.37. The number of benzene rings is 1. The van der Waals surface area contributed by atoms with Crippen LogP contribution in [-0.2, 0) is 20.7 Å². The summed E-state index contributed by atoms with van der Waals surface area (Å²) in [5, 5.41) is 12.2. The fourth-order valence-electron chi connectivity index (χ4n) is 1.92. The van der Waals surface area contributed by atoms with Crippen LogP contribution in [0.1, 0.15) is 12.5 Å². The molecule has 0 saturated heterocycles. The number of allylic oxidation sites excluding steroid dienone is 1. The molecule has 1 aromatic carbocycles. The molecular weight excluding hydrogens is 280 g/mol. The maximum atomic E-state index is 12.4. The summed E-state index contributed by atoms with van der Waals surface area (Å²) in [5.74, 6) is 0.0573. The Hall–Kier alpha value is -2.32. The van der Waals surface area contributed by atoms with Gasteiger partial charge in [-0.2, -0.15) is 5.26 Å². The number of carbonyl (C=O) groups is 1. The van der Waals surface area contributed by atoms with E-state index in [0.29, 0.717) is 18.7 Å². The van der Waals surface area contributed by atoms with Gasteiger partial charge in [0.15, 0.2) is 5.41 Å². The summed E-state index contributed by atoms with van der Waals surface area (Å²) in [4.78, 5) is 12.4. The van der Waals surface area contributed by atoms with Crippen molar-refractivity contribution in [2.24, 2.45) is 5.41 Å². The van der Waals surface area contributed by atoms with Gasteiger partial charge in [0.05, 0.1) is 18.4 Å². The molecule has 1 atom stereocenters. The number of nitrogens with one attached hydrogen (secondary N) is 1. The molecule has 1 amide bonds. The minimum Gasteiger partial charge on any atom is -0.497 e. The van der Waals surface area contributed by atoms with Gasteiger partial charge in [-0.05, 0) is 18.9 Å². The fourth-order valence-corrected chi connectivity index (χ4v) is 1.92. The Morgan fingerprint density at radius 1 is 1.36 bits per heavy atom. The van der Waals surface area contributed by atoms with Gasteiger partial charge < -0.3 is 14.8 Å². The van der Waals surface area contributed by atoms with Crippen molar-refractivity contribution in [3.63, 3.8) is 0 Å². The summed E-state index contributed by atoms with van der Waals surface area (Å²) >= 11 is 0. The lowest BCUT2D eigenvalue weighted by Gasteiger charge is -2.24. The van der Waals surface area contributed by atoms with E-state index >= 15 is 0 Å². The first-order chi connectivity index (χ1) is 10.5. The molecule has 1 rings (SSSR count). The molecule has 0 aromatic heterocycles. The van der Waals surface area contributed by atoms with Gasteiger partial charge in [0.1, 0.15) is 6.61 Å². The molecule has 0 aliphatic carbocycles. The zero-order valence-electron chi connectivity index (χ0n) is 13.1. The number of methoxy groups -OCH3 is 1. The van der Waals surface area contributed by atoms with E-state index in [1.807, 2.05) is 36.4 Å². The van der Waals surface area contributed by atoms with Crippen LogP contribution in [0.2, 0.25) is 0 Å². The zero-order valence-corrected chi connectivity index (χ0v) is 13.1. The van der Waals surface area contributed by atoms with Gasteiger partial charge in [0.25, 0.3) is 0 Å². The number of hydrogen-bond donors (Lipinski definition) is 1. The van der Waals surface area contributed by atoms with Crippen molar-refractivity contribution in [1.82, 2.24) is 5.32 Å². The van der Waals surface area contributed by atoms with Crippen LogP contribution < -0.4 is 5.32 Å². The van der Waals surface area contributed by atoms with Gasteiger partial charge in [-0.1, -0.05) is 36.9 Å². The molecule has 1 aromatic rings. The second kappa shape index (κ2) is 8.85. The number of nitriles is 1. The van der Waals surface area contributed by atoms with Crippen LogP contribution in [0, 0.1) is 16.7 Å². The van der Waals surface area contributed by atoms with Gasteiger partial charge in [-0.15, -0.1) is 0 Å². The quantitative estimate of drug-likeness (QED) is 0.709. The second-order valence-electron chi connectivity index (χ2n) is 5.11. The van der Waals surface area contributed by atoms with Crippen LogP contribution in [0.3, 0.4) is 0 Å². The highest BCUT2D eigenvalue weighted by Crippen LogP contribution is 2.19. The Morgan fingerprint density at radius 3 is 2.59 bits per heavy atom. The molecule has 0 aliphatic heterocycles. The van der Waals surface area contributed by atoms with E-state index < -0.39 is 11.3 Å². The fraction of sp³-hybridized carbons (Fsp3) is 0.412. The maximum Gasteiger partial charge on any atom is 0.246 e. The zero-order chi connectivity index (χ0) is 16.4. The monoisotopic (exact) mass is 302 g/mol. The molecule has 0 saturated carbocycles. The molecule has 1 N–H and O–H groups in total. The Labute approximate surface area is 131 Å². The predicted molar refractivity (Wildman–Crippen MR) is 83.8 cm³/mol. The average Bonchev–Trinajstić information content (AvgIpc) is 2.52. The van der Waals surface area contributed by atoms with Crippen molar-refractivity contribution in [2.75, 3.05) is 26.9 Å². The van der Waals surface area contributed by atoms with Crippen molar-refractivity contribution < 1.29 is 14.3 Å². The summed E-state index contributed by atoms with van der Waals surface area (Å²) < 4.78 is 10.3. The van der Waals surface area contributed by atoms with Gasteiger partial charge in [0, 0.05) is 13.7 Å². The second-order valence-corrected chi connectivity index (χ2v) is 5.11. The smallest absolute Gasteiger partial charge is 0.246 e. The molecule has 0 bridgehead atoms. The Morgan fingerprint density at radius 2 is 2.05 bits per heavy atom.